The Labute approximate surface area is 84.9 Å². The molecule has 0 radical (unpaired) electrons. The number of hydrogen-bond acceptors (Lipinski definition) is 1. The van der Waals surface area contributed by atoms with Gasteiger partial charge in [-0.25, -0.2) is 4.39 Å². The molecule has 0 N–H and O–H groups in total. The first-order chi connectivity index (χ1) is 6.38. The summed E-state index contributed by atoms with van der Waals surface area (Å²) in [4.78, 5) is 0. The lowest BCUT2D eigenvalue weighted by molar-refractivity contribution is 0.380. The maximum atomic E-state index is 13.3. The molecule has 1 nitrogen and oxygen atoms in total. The fraction of sp³-hybridized carbons (Fsp3) is 0.500. The van der Waals surface area contributed by atoms with E-state index in [1.165, 1.54) is 13.2 Å². The van der Waals surface area contributed by atoms with Crippen LogP contribution in [-0.2, 0) is 5.41 Å². The summed E-state index contributed by atoms with van der Waals surface area (Å²) in [6, 6.07) is 3.29. The van der Waals surface area contributed by atoms with E-state index in [0.717, 1.165) is 11.1 Å². The standard InChI is InChI=1S/C12H17FO/c1-8-9(12(2,3)4)6-7-10(13)11(8)14-5/h6-7H,1-5H3. The van der Waals surface area contributed by atoms with Crippen LogP contribution in [0.5, 0.6) is 5.75 Å². The number of rotatable bonds is 1. The van der Waals surface area contributed by atoms with E-state index in [1.54, 1.807) is 0 Å². The number of methoxy groups -OCH3 is 1. The van der Waals surface area contributed by atoms with Gasteiger partial charge in [-0.3, -0.25) is 0 Å². The molecule has 0 saturated carbocycles. The summed E-state index contributed by atoms with van der Waals surface area (Å²) in [6.45, 7) is 8.20. The monoisotopic (exact) mass is 196 g/mol. The van der Waals surface area contributed by atoms with E-state index in [-0.39, 0.29) is 11.2 Å². The SMILES string of the molecule is COc1c(F)ccc(C(C)(C)C)c1C. The highest BCUT2D eigenvalue weighted by Gasteiger charge is 2.20. The van der Waals surface area contributed by atoms with Crippen molar-refractivity contribution in [1.29, 1.82) is 0 Å². The largest absolute Gasteiger partial charge is 0.493 e. The van der Waals surface area contributed by atoms with Crippen molar-refractivity contribution in [3.8, 4) is 5.75 Å². The molecule has 0 saturated heterocycles. The summed E-state index contributed by atoms with van der Waals surface area (Å²) in [5.74, 6) is 0.0652. The van der Waals surface area contributed by atoms with Gasteiger partial charge in [0, 0.05) is 0 Å². The normalized spacial score (nSPS) is 11.6. The van der Waals surface area contributed by atoms with E-state index >= 15 is 0 Å². The maximum Gasteiger partial charge on any atom is 0.165 e. The molecular formula is C12H17FO. The van der Waals surface area contributed by atoms with E-state index in [1.807, 2.05) is 13.0 Å². The molecule has 0 aromatic heterocycles. The fourth-order valence-electron chi connectivity index (χ4n) is 1.72. The maximum absolute atomic E-state index is 13.3. The van der Waals surface area contributed by atoms with Crippen LogP contribution in [0.15, 0.2) is 12.1 Å². The van der Waals surface area contributed by atoms with Crippen LogP contribution >= 0.6 is 0 Å². The summed E-state index contributed by atoms with van der Waals surface area (Å²) in [6.07, 6.45) is 0. The third-order valence-corrected chi connectivity index (χ3v) is 2.37. The van der Waals surface area contributed by atoms with Gasteiger partial charge in [-0.2, -0.15) is 0 Å². The molecule has 0 unspecified atom stereocenters. The van der Waals surface area contributed by atoms with Crippen molar-refractivity contribution in [2.45, 2.75) is 33.1 Å². The van der Waals surface area contributed by atoms with Gasteiger partial charge in [0.1, 0.15) is 0 Å². The predicted octanol–water partition coefficient (Wildman–Crippen LogP) is 3.44. The molecular weight excluding hydrogens is 179 g/mol. The molecule has 0 spiro atoms. The minimum Gasteiger partial charge on any atom is -0.493 e. The van der Waals surface area contributed by atoms with Crippen LogP contribution in [-0.4, -0.2) is 7.11 Å². The van der Waals surface area contributed by atoms with Gasteiger partial charge in [0.2, 0.25) is 0 Å². The van der Waals surface area contributed by atoms with Crippen molar-refractivity contribution in [3.05, 3.63) is 29.1 Å². The lowest BCUT2D eigenvalue weighted by Gasteiger charge is -2.23. The molecule has 0 bridgehead atoms. The van der Waals surface area contributed by atoms with E-state index in [4.69, 9.17) is 4.74 Å². The third-order valence-electron chi connectivity index (χ3n) is 2.37. The number of ether oxygens (including phenoxy) is 1. The molecule has 1 rings (SSSR count). The van der Waals surface area contributed by atoms with Gasteiger partial charge in [-0.05, 0) is 29.5 Å². The first-order valence-corrected chi connectivity index (χ1v) is 4.71. The van der Waals surface area contributed by atoms with Crippen molar-refractivity contribution in [2.24, 2.45) is 0 Å². The van der Waals surface area contributed by atoms with Crippen molar-refractivity contribution in [2.75, 3.05) is 7.11 Å². The fourth-order valence-corrected chi connectivity index (χ4v) is 1.72. The molecule has 0 fully saturated rings. The van der Waals surface area contributed by atoms with Gasteiger partial charge in [-0.1, -0.05) is 26.8 Å². The second-order valence-electron chi connectivity index (χ2n) is 4.50. The third kappa shape index (κ3) is 1.89. The molecule has 0 amide bonds. The Morgan fingerprint density at radius 1 is 1.21 bits per heavy atom. The zero-order valence-corrected chi connectivity index (χ0v) is 9.44. The number of halogens is 1. The number of hydrogen-bond donors (Lipinski definition) is 0. The van der Waals surface area contributed by atoms with Gasteiger partial charge < -0.3 is 4.74 Å². The van der Waals surface area contributed by atoms with Gasteiger partial charge in [0.15, 0.2) is 11.6 Å². The Balaban J connectivity index is 3.36. The van der Waals surface area contributed by atoms with Crippen molar-refractivity contribution in [3.63, 3.8) is 0 Å². The summed E-state index contributed by atoms with van der Waals surface area (Å²) >= 11 is 0. The summed E-state index contributed by atoms with van der Waals surface area (Å²) < 4.78 is 18.3. The highest BCUT2D eigenvalue weighted by molar-refractivity contribution is 5.43. The van der Waals surface area contributed by atoms with Crippen LogP contribution in [0, 0.1) is 12.7 Å². The van der Waals surface area contributed by atoms with Crippen LogP contribution in [0.2, 0.25) is 0 Å². The lowest BCUT2D eigenvalue weighted by Crippen LogP contribution is -2.14. The Hall–Kier alpha value is -1.05. The van der Waals surface area contributed by atoms with Crippen molar-refractivity contribution in [1.82, 2.24) is 0 Å². The quantitative estimate of drug-likeness (QED) is 0.668. The molecule has 78 valence electrons. The van der Waals surface area contributed by atoms with Crippen LogP contribution < -0.4 is 4.74 Å². The smallest absolute Gasteiger partial charge is 0.165 e. The van der Waals surface area contributed by atoms with Gasteiger partial charge in [0.05, 0.1) is 7.11 Å². The summed E-state index contributed by atoms with van der Waals surface area (Å²) in [5.41, 5.74) is 2.03. The molecule has 2 heteroatoms. The number of benzene rings is 1. The first kappa shape index (κ1) is 11.0. The highest BCUT2D eigenvalue weighted by atomic mass is 19.1. The average molecular weight is 196 g/mol. The predicted molar refractivity (Wildman–Crippen MR) is 56.4 cm³/mol. The van der Waals surface area contributed by atoms with Crippen LogP contribution in [0.1, 0.15) is 31.9 Å². The summed E-state index contributed by atoms with van der Waals surface area (Å²) in [7, 11) is 1.50. The Morgan fingerprint density at radius 2 is 1.79 bits per heavy atom. The lowest BCUT2D eigenvalue weighted by atomic mass is 9.84. The van der Waals surface area contributed by atoms with Crippen LogP contribution in [0.25, 0.3) is 0 Å². The van der Waals surface area contributed by atoms with E-state index in [9.17, 15) is 4.39 Å². The zero-order chi connectivity index (χ0) is 10.9. The molecule has 0 aliphatic rings. The molecule has 0 heterocycles. The van der Waals surface area contributed by atoms with Gasteiger partial charge >= 0.3 is 0 Å². The van der Waals surface area contributed by atoms with E-state index in [0.29, 0.717) is 5.75 Å². The Kier molecular flexibility index (Phi) is 2.84. The average Bonchev–Trinajstić information content (AvgIpc) is 2.02. The molecule has 1 aromatic rings. The Morgan fingerprint density at radius 3 is 2.21 bits per heavy atom. The summed E-state index contributed by atoms with van der Waals surface area (Å²) in [5, 5.41) is 0. The van der Waals surface area contributed by atoms with Crippen molar-refractivity contribution < 1.29 is 9.13 Å². The Bertz CT molecular complexity index is 337. The second-order valence-corrected chi connectivity index (χ2v) is 4.50. The van der Waals surface area contributed by atoms with Gasteiger partial charge in [0.25, 0.3) is 0 Å². The molecule has 1 aromatic carbocycles. The molecule has 0 aliphatic heterocycles. The van der Waals surface area contributed by atoms with Crippen LogP contribution in [0.4, 0.5) is 4.39 Å². The molecule has 0 atom stereocenters. The second kappa shape index (κ2) is 3.60. The minimum absolute atomic E-state index is 0.0189. The van der Waals surface area contributed by atoms with Crippen molar-refractivity contribution >= 4 is 0 Å². The van der Waals surface area contributed by atoms with Gasteiger partial charge in [-0.15, -0.1) is 0 Å². The minimum atomic E-state index is -0.294. The molecule has 14 heavy (non-hydrogen) atoms. The first-order valence-electron chi connectivity index (χ1n) is 4.71. The molecule has 0 aliphatic carbocycles. The highest BCUT2D eigenvalue weighted by Crippen LogP contribution is 2.32. The van der Waals surface area contributed by atoms with E-state index in [2.05, 4.69) is 20.8 Å². The zero-order valence-electron chi connectivity index (χ0n) is 9.44. The van der Waals surface area contributed by atoms with Crippen LogP contribution in [0.3, 0.4) is 0 Å². The van der Waals surface area contributed by atoms with E-state index < -0.39 is 0 Å². The topological polar surface area (TPSA) is 9.23 Å².